The van der Waals surface area contributed by atoms with Gasteiger partial charge in [-0.25, -0.2) is 0 Å². The summed E-state index contributed by atoms with van der Waals surface area (Å²) in [5.41, 5.74) is 1.26. The van der Waals surface area contributed by atoms with Gasteiger partial charge in [-0.3, -0.25) is 9.59 Å². The predicted octanol–water partition coefficient (Wildman–Crippen LogP) is 2.78. The number of rotatable bonds is 4. The Balaban J connectivity index is 2.02. The van der Waals surface area contributed by atoms with Crippen LogP contribution in [0.3, 0.4) is 0 Å². The number of amides is 2. The molecule has 1 aliphatic rings. The van der Waals surface area contributed by atoms with Gasteiger partial charge in [-0.15, -0.1) is 0 Å². The molecule has 20 heavy (non-hydrogen) atoms. The van der Waals surface area contributed by atoms with Crippen molar-refractivity contribution < 1.29 is 14.3 Å². The topological polar surface area (TPSA) is 67.4 Å². The van der Waals surface area contributed by atoms with Crippen molar-refractivity contribution in [2.75, 3.05) is 10.6 Å². The molecule has 0 aromatic heterocycles. The first-order valence-corrected chi connectivity index (χ1v) is 6.87. The Kier molecular flexibility index (Phi) is 4.27. The van der Waals surface area contributed by atoms with Gasteiger partial charge in [0.2, 0.25) is 5.91 Å². The Bertz CT molecular complexity index is 526. The minimum Gasteiger partial charge on any atom is -0.479 e. The van der Waals surface area contributed by atoms with Crippen LogP contribution in [0, 0.1) is 5.92 Å². The molecular weight excluding hydrogens is 256 g/mol. The molecule has 5 nitrogen and oxygen atoms in total. The summed E-state index contributed by atoms with van der Waals surface area (Å²) in [6.45, 7) is 5.86. The number of nitrogens with one attached hydrogen (secondary N) is 2. The monoisotopic (exact) mass is 276 g/mol. The summed E-state index contributed by atoms with van der Waals surface area (Å²) in [6, 6.07) is 5.24. The van der Waals surface area contributed by atoms with Crippen molar-refractivity contribution in [1.29, 1.82) is 0 Å². The normalized spacial score (nSPS) is 17.2. The molecule has 0 radical (unpaired) electrons. The van der Waals surface area contributed by atoms with E-state index in [9.17, 15) is 9.59 Å². The second-order valence-corrected chi connectivity index (χ2v) is 5.44. The van der Waals surface area contributed by atoms with Crippen LogP contribution in [0.4, 0.5) is 11.4 Å². The second-order valence-electron chi connectivity index (χ2n) is 5.44. The van der Waals surface area contributed by atoms with Crippen molar-refractivity contribution in [1.82, 2.24) is 0 Å². The Morgan fingerprint density at radius 3 is 2.90 bits per heavy atom. The number of carbonyl (C=O) groups is 2. The van der Waals surface area contributed by atoms with Gasteiger partial charge in [0.15, 0.2) is 6.10 Å². The summed E-state index contributed by atoms with van der Waals surface area (Å²) in [7, 11) is 0. The van der Waals surface area contributed by atoms with Crippen LogP contribution in [0.25, 0.3) is 0 Å². The van der Waals surface area contributed by atoms with E-state index in [-0.39, 0.29) is 11.8 Å². The Morgan fingerprint density at radius 2 is 2.20 bits per heavy atom. The molecule has 0 saturated carbocycles. The highest BCUT2D eigenvalue weighted by atomic mass is 16.5. The van der Waals surface area contributed by atoms with E-state index in [0.29, 0.717) is 29.5 Å². The largest absolute Gasteiger partial charge is 0.479 e. The molecule has 1 aromatic carbocycles. The minimum atomic E-state index is -0.492. The Labute approximate surface area is 118 Å². The van der Waals surface area contributed by atoms with Crippen LogP contribution in [0.1, 0.15) is 33.6 Å². The molecule has 108 valence electrons. The third kappa shape index (κ3) is 3.50. The highest BCUT2D eigenvalue weighted by Gasteiger charge is 2.23. The fourth-order valence-electron chi connectivity index (χ4n) is 1.93. The molecule has 1 atom stereocenters. The van der Waals surface area contributed by atoms with E-state index in [1.165, 1.54) is 0 Å². The molecule has 0 spiro atoms. The van der Waals surface area contributed by atoms with Crippen molar-refractivity contribution in [2.45, 2.75) is 39.7 Å². The fraction of sp³-hybridized carbons (Fsp3) is 0.467. The molecule has 1 unspecified atom stereocenters. The highest BCUT2D eigenvalue weighted by Crippen LogP contribution is 2.32. The number of hydrogen-bond donors (Lipinski definition) is 2. The molecule has 2 rings (SSSR count). The molecular formula is C15H20N2O3. The number of carbonyl (C=O) groups excluding carboxylic acids is 2. The van der Waals surface area contributed by atoms with E-state index in [0.717, 1.165) is 6.42 Å². The van der Waals surface area contributed by atoms with Gasteiger partial charge in [-0.2, -0.15) is 0 Å². The van der Waals surface area contributed by atoms with Gasteiger partial charge in [0, 0.05) is 12.1 Å². The molecule has 1 heterocycles. The average molecular weight is 276 g/mol. The number of ether oxygens (including phenoxy) is 1. The molecule has 2 N–H and O–H groups in total. The molecule has 1 aromatic rings. The van der Waals surface area contributed by atoms with E-state index in [1.54, 1.807) is 25.1 Å². The van der Waals surface area contributed by atoms with Crippen LogP contribution in [0.2, 0.25) is 0 Å². The number of fused-ring (bicyclic) bond motifs is 1. The highest BCUT2D eigenvalue weighted by molar-refractivity contribution is 5.99. The first-order valence-electron chi connectivity index (χ1n) is 6.87. The van der Waals surface area contributed by atoms with Crippen LogP contribution in [0.5, 0.6) is 5.75 Å². The van der Waals surface area contributed by atoms with Crippen molar-refractivity contribution >= 4 is 23.2 Å². The van der Waals surface area contributed by atoms with E-state index in [4.69, 9.17) is 4.74 Å². The number of hydrogen-bond acceptors (Lipinski definition) is 3. The lowest BCUT2D eigenvalue weighted by atomic mass is 10.1. The van der Waals surface area contributed by atoms with E-state index >= 15 is 0 Å². The molecule has 0 bridgehead atoms. The Hall–Kier alpha value is -2.04. The molecule has 0 aliphatic carbocycles. The van der Waals surface area contributed by atoms with Crippen LogP contribution in [-0.2, 0) is 9.59 Å². The molecule has 5 heteroatoms. The van der Waals surface area contributed by atoms with E-state index in [1.807, 2.05) is 0 Å². The van der Waals surface area contributed by atoms with E-state index in [2.05, 4.69) is 24.5 Å². The van der Waals surface area contributed by atoms with Crippen molar-refractivity contribution in [2.24, 2.45) is 5.92 Å². The van der Waals surface area contributed by atoms with Crippen LogP contribution < -0.4 is 15.4 Å². The Morgan fingerprint density at radius 1 is 1.45 bits per heavy atom. The zero-order chi connectivity index (χ0) is 14.7. The first-order chi connectivity index (χ1) is 9.45. The maximum absolute atomic E-state index is 11.8. The third-order valence-electron chi connectivity index (χ3n) is 3.14. The van der Waals surface area contributed by atoms with Gasteiger partial charge in [0.1, 0.15) is 5.75 Å². The van der Waals surface area contributed by atoms with Gasteiger partial charge in [0.05, 0.1) is 5.69 Å². The molecule has 1 aliphatic heterocycles. The maximum atomic E-state index is 11.8. The molecule has 0 fully saturated rings. The summed E-state index contributed by atoms with van der Waals surface area (Å²) in [5, 5.41) is 5.59. The lowest BCUT2D eigenvalue weighted by Crippen LogP contribution is -2.34. The summed E-state index contributed by atoms with van der Waals surface area (Å²) in [4.78, 5) is 23.3. The number of anilines is 2. The summed E-state index contributed by atoms with van der Waals surface area (Å²) >= 11 is 0. The first kappa shape index (κ1) is 14.4. The zero-order valence-corrected chi connectivity index (χ0v) is 12.0. The second kappa shape index (κ2) is 5.94. The minimum absolute atomic E-state index is 0.0185. The lowest BCUT2D eigenvalue weighted by Gasteiger charge is -2.23. The van der Waals surface area contributed by atoms with Crippen LogP contribution in [-0.4, -0.2) is 17.9 Å². The van der Waals surface area contributed by atoms with Crippen molar-refractivity contribution in [3.05, 3.63) is 18.2 Å². The summed E-state index contributed by atoms with van der Waals surface area (Å²) in [6.07, 6.45) is 0.858. The van der Waals surface area contributed by atoms with Gasteiger partial charge in [0.25, 0.3) is 5.91 Å². The summed E-state index contributed by atoms with van der Waals surface area (Å²) in [5.74, 6) is 0.923. The average Bonchev–Trinajstić information content (AvgIpc) is 2.38. The van der Waals surface area contributed by atoms with Gasteiger partial charge < -0.3 is 15.4 Å². The van der Waals surface area contributed by atoms with Crippen molar-refractivity contribution in [3.8, 4) is 5.75 Å². The SMILES string of the molecule is CC(C)CCC(=O)Nc1ccc2c(c1)NC(=O)C(C)O2. The standard InChI is InChI=1S/C15H20N2O3/c1-9(2)4-7-14(18)16-11-5-6-13-12(8-11)17-15(19)10(3)20-13/h5-6,8-10H,4,7H2,1-3H3,(H,16,18)(H,17,19). The smallest absolute Gasteiger partial charge is 0.265 e. The van der Waals surface area contributed by atoms with Gasteiger partial charge in [-0.05, 0) is 37.5 Å². The predicted molar refractivity (Wildman–Crippen MR) is 77.9 cm³/mol. The quantitative estimate of drug-likeness (QED) is 0.888. The number of benzene rings is 1. The van der Waals surface area contributed by atoms with E-state index < -0.39 is 6.10 Å². The third-order valence-corrected chi connectivity index (χ3v) is 3.14. The van der Waals surface area contributed by atoms with Gasteiger partial charge in [-0.1, -0.05) is 13.8 Å². The molecule has 0 saturated heterocycles. The maximum Gasteiger partial charge on any atom is 0.265 e. The lowest BCUT2D eigenvalue weighted by molar-refractivity contribution is -0.122. The van der Waals surface area contributed by atoms with Crippen LogP contribution in [0.15, 0.2) is 18.2 Å². The fourth-order valence-corrected chi connectivity index (χ4v) is 1.93. The van der Waals surface area contributed by atoms with Crippen molar-refractivity contribution in [3.63, 3.8) is 0 Å². The summed E-state index contributed by atoms with van der Waals surface area (Å²) < 4.78 is 5.46. The zero-order valence-electron chi connectivity index (χ0n) is 12.0. The van der Waals surface area contributed by atoms with Crippen LogP contribution >= 0.6 is 0 Å². The molecule has 2 amide bonds. The van der Waals surface area contributed by atoms with Gasteiger partial charge >= 0.3 is 0 Å².